The first-order valence-electron chi connectivity index (χ1n) is 18.0. The van der Waals surface area contributed by atoms with Crippen LogP contribution in [-0.4, -0.2) is 103 Å². The molecule has 10 heterocycles. The smallest absolute Gasteiger partial charge is 0.285 e. The lowest BCUT2D eigenvalue weighted by Gasteiger charge is -2.36. The lowest BCUT2D eigenvalue weighted by atomic mass is 9.90. The summed E-state index contributed by atoms with van der Waals surface area (Å²) in [5.74, 6) is 2.10. The van der Waals surface area contributed by atoms with Gasteiger partial charge in [-0.25, -0.2) is 20.1 Å². The van der Waals surface area contributed by atoms with Gasteiger partial charge in [0.2, 0.25) is 4.77 Å². The van der Waals surface area contributed by atoms with E-state index < -0.39 is 0 Å². The molecule has 0 radical (unpaired) electrons. The lowest BCUT2D eigenvalue weighted by Crippen LogP contribution is -2.39. The van der Waals surface area contributed by atoms with E-state index in [2.05, 4.69) is 49.3 Å². The van der Waals surface area contributed by atoms with Gasteiger partial charge in [0, 0.05) is 48.9 Å². The molecule has 1 aliphatic carbocycles. The van der Waals surface area contributed by atoms with Crippen LogP contribution in [0.1, 0.15) is 48.9 Å². The van der Waals surface area contributed by atoms with Crippen molar-refractivity contribution in [3.05, 3.63) is 43.7 Å². The van der Waals surface area contributed by atoms with Gasteiger partial charge in [0.1, 0.15) is 42.5 Å². The molecule has 0 unspecified atom stereocenters. The van der Waals surface area contributed by atoms with Crippen molar-refractivity contribution in [3.8, 4) is 0 Å². The second-order valence-corrected chi connectivity index (χ2v) is 16.8. The fourth-order valence-electron chi connectivity index (χ4n) is 8.11. The number of nitrogens with zero attached hydrogens (tertiary/aromatic N) is 9. The molecule has 0 atom stereocenters. The van der Waals surface area contributed by atoms with Crippen LogP contribution in [0.15, 0.2) is 11.1 Å². The van der Waals surface area contributed by atoms with Gasteiger partial charge in [0.25, 0.3) is 5.56 Å². The molecule has 2 fully saturated rings. The van der Waals surface area contributed by atoms with Gasteiger partial charge >= 0.3 is 0 Å². The average molecular weight is 772 g/mol. The van der Waals surface area contributed by atoms with Crippen LogP contribution in [0.3, 0.4) is 0 Å². The minimum Gasteiger partial charge on any atom is -0.378 e. The first-order valence-corrected chi connectivity index (χ1v) is 20.1. The first-order chi connectivity index (χ1) is 25.8. The van der Waals surface area contributed by atoms with Gasteiger partial charge < -0.3 is 24.0 Å². The molecule has 18 heteroatoms. The summed E-state index contributed by atoms with van der Waals surface area (Å²) >= 11 is 8.38. The van der Waals surface area contributed by atoms with Crippen LogP contribution in [0.4, 0.5) is 11.6 Å². The number of aromatic amines is 2. The van der Waals surface area contributed by atoms with Gasteiger partial charge in [-0.2, -0.15) is 5.10 Å². The van der Waals surface area contributed by atoms with Crippen molar-refractivity contribution >= 4 is 93.0 Å². The van der Waals surface area contributed by atoms with Crippen LogP contribution >= 0.6 is 34.9 Å². The molecule has 15 nitrogen and oxygen atoms in total. The summed E-state index contributed by atoms with van der Waals surface area (Å²) in [4.78, 5) is 33.5. The summed E-state index contributed by atoms with van der Waals surface area (Å²) < 4.78 is 21.2. The third-order valence-electron chi connectivity index (χ3n) is 10.7. The molecule has 2 N–H and O–H groups in total. The van der Waals surface area contributed by atoms with Crippen molar-refractivity contribution in [2.24, 2.45) is 0 Å². The van der Waals surface area contributed by atoms with Crippen molar-refractivity contribution in [2.45, 2.75) is 58.2 Å². The second kappa shape index (κ2) is 13.0. The zero-order valence-corrected chi connectivity index (χ0v) is 31.8. The van der Waals surface area contributed by atoms with E-state index in [1.54, 1.807) is 17.7 Å². The third kappa shape index (κ3) is 5.60. The highest BCUT2D eigenvalue weighted by Crippen LogP contribution is 2.44. The van der Waals surface area contributed by atoms with E-state index >= 15 is 0 Å². The maximum Gasteiger partial charge on any atom is 0.285 e. The van der Waals surface area contributed by atoms with Gasteiger partial charge in [-0.3, -0.25) is 14.3 Å². The molecule has 3 aliphatic heterocycles. The Labute approximate surface area is 315 Å². The van der Waals surface area contributed by atoms with Crippen molar-refractivity contribution in [3.63, 3.8) is 0 Å². The molecule has 2 saturated heterocycles. The van der Waals surface area contributed by atoms with Gasteiger partial charge in [0.05, 0.1) is 44.2 Å². The second-order valence-electron chi connectivity index (χ2n) is 14.4. The van der Waals surface area contributed by atoms with E-state index in [1.165, 1.54) is 46.4 Å². The number of hydrogen-bond donors (Lipinski definition) is 2. The van der Waals surface area contributed by atoms with Crippen LogP contribution in [0.25, 0.3) is 46.5 Å². The van der Waals surface area contributed by atoms with Crippen LogP contribution in [0.5, 0.6) is 0 Å². The van der Waals surface area contributed by atoms with E-state index in [-0.39, 0.29) is 11.2 Å². The molecule has 0 saturated carbocycles. The lowest BCUT2D eigenvalue weighted by molar-refractivity contribution is -0.0396. The average Bonchev–Trinajstić information content (AvgIpc) is 3.88. The summed E-state index contributed by atoms with van der Waals surface area (Å²) in [5.41, 5.74) is 7.17. The van der Waals surface area contributed by atoms with E-state index in [0.717, 1.165) is 120 Å². The third-order valence-corrected chi connectivity index (χ3v) is 13.1. The van der Waals surface area contributed by atoms with E-state index in [0.29, 0.717) is 21.6 Å². The zero-order valence-electron chi connectivity index (χ0n) is 29.4. The van der Waals surface area contributed by atoms with E-state index in [9.17, 15) is 4.79 Å². The van der Waals surface area contributed by atoms with E-state index in [1.807, 2.05) is 4.40 Å². The normalized spacial score (nSPS) is 18.8. The van der Waals surface area contributed by atoms with Gasteiger partial charge in [0.15, 0.2) is 5.65 Å². The summed E-state index contributed by atoms with van der Waals surface area (Å²) in [6.45, 7) is 11.2. The van der Waals surface area contributed by atoms with Crippen molar-refractivity contribution < 1.29 is 14.2 Å². The zero-order chi connectivity index (χ0) is 35.8. The van der Waals surface area contributed by atoms with Gasteiger partial charge in [-0.15, -0.1) is 27.8 Å². The van der Waals surface area contributed by atoms with Crippen molar-refractivity contribution in [1.82, 2.24) is 45.0 Å². The highest BCUT2D eigenvalue weighted by molar-refractivity contribution is 7.71. The minimum absolute atomic E-state index is 0.180. The van der Waals surface area contributed by atoms with Crippen LogP contribution < -0.4 is 15.4 Å². The molecular formula is C35H37N11O4S3. The van der Waals surface area contributed by atoms with Crippen molar-refractivity contribution in [2.75, 3.05) is 62.4 Å². The number of H-pyrrole nitrogens is 2. The number of fused-ring (bicyclic) bond motifs is 12. The standard InChI is InChI=1S/C19H20N6O2S2.C16H17N5O2S/c1-19(2)7-10-11(8-27-19)15(24-3-5-26-6-4-24)21-17-12(10)13-14(29-17)16-22-23-18(28)25(16)9-20-13;22-15-13-12(18-20-19-15)11-9-3-1-2-4-10(9)14(17-16(11)24-13)21-5-7-23-8-6-21/h9H,3-8H2,1-2H3,(H,23,28);1-8H2,(H,18,19,22). The van der Waals surface area contributed by atoms with Gasteiger partial charge in [-0.1, -0.05) is 5.21 Å². The highest BCUT2D eigenvalue weighted by Gasteiger charge is 2.34. The Morgan fingerprint density at radius 1 is 0.811 bits per heavy atom. The number of morpholine rings is 2. The molecule has 4 aliphatic rings. The molecule has 0 amide bonds. The summed E-state index contributed by atoms with van der Waals surface area (Å²) in [5, 5.41) is 19.9. The molecule has 0 spiro atoms. The first kappa shape index (κ1) is 33.4. The monoisotopic (exact) mass is 771 g/mol. The van der Waals surface area contributed by atoms with E-state index in [4.69, 9.17) is 41.4 Å². The Balaban J connectivity index is 0.000000134. The molecule has 11 rings (SSSR count). The Hall–Kier alpha value is -4.20. The highest BCUT2D eigenvalue weighted by atomic mass is 32.1. The van der Waals surface area contributed by atoms with Crippen LogP contribution in [-0.2, 0) is 40.1 Å². The Bertz CT molecular complexity index is 2690. The summed E-state index contributed by atoms with van der Waals surface area (Å²) in [6.07, 6.45) is 6.99. The number of pyridine rings is 2. The molecule has 7 aromatic heterocycles. The Morgan fingerprint density at radius 2 is 1.45 bits per heavy atom. The predicted molar refractivity (Wildman–Crippen MR) is 207 cm³/mol. The number of rotatable bonds is 2. The van der Waals surface area contributed by atoms with Crippen LogP contribution in [0.2, 0.25) is 0 Å². The quantitative estimate of drug-likeness (QED) is 0.229. The maximum atomic E-state index is 12.1. The topological polar surface area (TPSA) is 165 Å². The number of aromatic nitrogens is 9. The molecular weight excluding hydrogens is 735 g/mol. The Morgan fingerprint density at radius 3 is 2.17 bits per heavy atom. The number of anilines is 2. The minimum atomic E-state index is -0.225. The number of hydrogen-bond acceptors (Lipinski definition) is 15. The number of aryl methyl sites for hydroxylation is 1. The molecule has 274 valence electrons. The maximum absolute atomic E-state index is 12.1. The fraction of sp³-hybridized carbons (Fsp3) is 0.486. The fourth-order valence-corrected chi connectivity index (χ4v) is 10.5. The number of ether oxygens (including phenoxy) is 3. The molecule has 7 aromatic rings. The number of thiophene rings is 2. The summed E-state index contributed by atoms with van der Waals surface area (Å²) in [7, 11) is 0. The molecule has 0 aromatic carbocycles. The van der Waals surface area contributed by atoms with Crippen LogP contribution in [0, 0.1) is 4.77 Å². The SMILES string of the molecule is CC1(C)Cc2c(c(N3CCOCC3)nc3sc4c(ncn5c(=S)[nH]nc45)c23)CO1.O=c1[nH]nnc2c1sc1nc(N3CCOCC3)c3c(c12)CCCC3. The summed E-state index contributed by atoms with van der Waals surface area (Å²) in [6, 6.07) is 0. The largest absolute Gasteiger partial charge is 0.378 e. The van der Waals surface area contributed by atoms with Crippen molar-refractivity contribution in [1.29, 1.82) is 0 Å². The number of nitrogens with one attached hydrogen (secondary N) is 2. The molecule has 0 bridgehead atoms. The van der Waals surface area contributed by atoms with Gasteiger partial charge in [-0.05, 0) is 68.4 Å². The molecule has 53 heavy (non-hydrogen) atoms. The Kier molecular flexibility index (Phi) is 8.18. The predicted octanol–water partition coefficient (Wildman–Crippen LogP) is 4.88.